The van der Waals surface area contributed by atoms with Gasteiger partial charge in [0.2, 0.25) is 0 Å². The van der Waals surface area contributed by atoms with Crippen molar-refractivity contribution in [1.82, 2.24) is 0 Å². The number of anilines is 1. The molecule has 74 valence electrons. The minimum Gasteiger partial charge on any atom is -0.478 e. The topological polar surface area (TPSA) is 49.3 Å². The van der Waals surface area contributed by atoms with Crippen LogP contribution in [-0.2, 0) is 0 Å². The van der Waals surface area contributed by atoms with Crippen molar-refractivity contribution < 1.29 is 9.90 Å². The molecule has 0 bridgehead atoms. The third kappa shape index (κ3) is 2.53. The van der Waals surface area contributed by atoms with Gasteiger partial charge in [0.15, 0.2) is 0 Å². The smallest absolute Gasteiger partial charge is 0.337 e. The number of carboxylic acids is 1. The standard InChI is InChI=1S/C10H11NO2S/c1-2-9(14)11-8-6-4-3-5-7(8)10(12)13/h3-6H,2H2,1H3,(H,11,14)(H,12,13). The van der Waals surface area contributed by atoms with Crippen molar-refractivity contribution in [3.8, 4) is 0 Å². The highest BCUT2D eigenvalue weighted by Crippen LogP contribution is 2.15. The number of nitrogens with one attached hydrogen (secondary N) is 1. The predicted molar refractivity (Wildman–Crippen MR) is 59.9 cm³/mol. The third-order valence-electron chi connectivity index (χ3n) is 1.75. The Labute approximate surface area is 87.8 Å². The second-order valence-electron chi connectivity index (χ2n) is 2.75. The second kappa shape index (κ2) is 4.72. The average molecular weight is 209 g/mol. The lowest BCUT2D eigenvalue weighted by Crippen LogP contribution is -2.11. The zero-order valence-electron chi connectivity index (χ0n) is 7.78. The van der Waals surface area contributed by atoms with Crippen LogP contribution in [0.25, 0.3) is 0 Å². The number of thiocarbonyl (C=S) groups is 1. The molecule has 0 amide bonds. The highest BCUT2D eigenvalue weighted by molar-refractivity contribution is 7.80. The molecule has 0 heterocycles. The van der Waals surface area contributed by atoms with Crippen molar-refractivity contribution in [3.05, 3.63) is 29.8 Å². The molecule has 0 unspecified atom stereocenters. The van der Waals surface area contributed by atoms with Crippen molar-refractivity contribution in [2.24, 2.45) is 0 Å². The van der Waals surface area contributed by atoms with Gasteiger partial charge in [0.1, 0.15) is 0 Å². The van der Waals surface area contributed by atoms with Crippen molar-refractivity contribution in [2.45, 2.75) is 13.3 Å². The molecule has 0 fully saturated rings. The molecule has 0 aliphatic heterocycles. The molecular formula is C10H11NO2S. The zero-order valence-corrected chi connectivity index (χ0v) is 8.60. The normalized spacial score (nSPS) is 9.50. The van der Waals surface area contributed by atoms with Crippen LogP contribution < -0.4 is 5.32 Å². The fourth-order valence-corrected chi connectivity index (χ4v) is 1.13. The van der Waals surface area contributed by atoms with E-state index in [-0.39, 0.29) is 5.56 Å². The van der Waals surface area contributed by atoms with E-state index in [9.17, 15) is 4.79 Å². The van der Waals surface area contributed by atoms with Gasteiger partial charge in [-0.3, -0.25) is 0 Å². The number of rotatable bonds is 3. The van der Waals surface area contributed by atoms with Crippen LogP contribution in [0.4, 0.5) is 5.69 Å². The molecule has 1 rings (SSSR count). The lowest BCUT2D eigenvalue weighted by atomic mass is 10.2. The van der Waals surface area contributed by atoms with Gasteiger partial charge in [0.25, 0.3) is 0 Å². The van der Waals surface area contributed by atoms with Gasteiger partial charge < -0.3 is 10.4 Å². The van der Waals surface area contributed by atoms with Gasteiger partial charge in [-0.05, 0) is 18.6 Å². The van der Waals surface area contributed by atoms with Crippen LogP contribution in [0.15, 0.2) is 24.3 Å². The predicted octanol–water partition coefficient (Wildman–Crippen LogP) is 2.53. The van der Waals surface area contributed by atoms with Gasteiger partial charge >= 0.3 is 5.97 Å². The minimum atomic E-state index is -0.952. The molecule has 0 aromatic heterocycles. The van der Waals surface area contributed by atoms with Gasteiger partial charge in [-0.1, -0.05) is 31.3 Å². The molecular weight excluding hydrogens is 198 g/mol. The highest BCUT2D eigenvalue weighted by Gasteiger charge is 2.08. The Morgan fingerprint density at radius 3 is 2.71 bits per heavy atom. The number of carboxylic acid groups (broad SMARTS) is 1. The molecule has 4 heteroatoms. The molecule has 0 radical (unpaired) electrons. The Kier molecular flexibility index (Phi) is 3.59. The third-order valence-corrected chi connectivity index (χ3v) is 2.14. The molecule has 2 N–H and O–H groups in total. The van der Waals surface area contributed by atoms with Gasteiger partial charge in [-0.2, -0.15) is 0 Å². The van der Waals surface area contributed by atoms with Crippen molar-refractivity contribution in [1.29, 1.82) is 0 Å². The summed E-state index contributed by atoms with van der Waals surface area (Å²) in [7, 11) is 0. The SMILES string of the molecule is CCC(=S)Nc1ccccc1C(=O)O. The first-order chi connectivity index (χ1) is 6.65. The summed E-state index contributed by atoms with van der Waals surface area (Å²) in [5.41, 5.74) is 0.787. The largest absolute Gasteiger partial charge is 0.478 e. The molecule has 0 aliphatic rings. The van der Waals surface area contributed by atoms with Crippen LogP contribution in [0, 0.1) is 0 Å². The van der Waals surface area contributed by atoms with Crippen molar-refractivity contribution in [2.75, 3.05) is 5.32 Å². The zero-order chi connectivity index (χ0) is 10.6. The Morgan fingerprint density at radius 1 is 1.50 bits per heavy atom. The van der Waals surface area contributed by atoms with Crippen molar-refractivity contribution in [3.63, 3.8) is 0 Å². The van der Waals surface area contributed by atoms with E-state index >= 15 is 0 Å². The van der Waals surface area contributed by atoms with Crippen LogP contribution in [0.1, 0.15) is 23.7 Å². The van der Waals surface area contributed by atoms with Crippen molar-refractivity contribution >= 4 is 28.9 Å². The summed E-state index contributed by atoms with van der Waals surface area (Å²) < 4.78 is 0. The maximum absolute atomic E-state index is 10.8. The summed E-state index contributed by atoms with van der Waals surface area (Å²) in [6.45, 7) is 1.92. The summed E-state index contributed by atoms with van der Waals surface area (Å²) >= 11 is 4.98. The monoisotopic (exact) mass is 209 g/mol. The number of carbonyl (C=O) groups is 1. The van der Waals surface area contributed by atoms with Gasteiger partial charge in [-0.25, -0.2) is 4.79 Å². The molecule has 3 nitrogen and oxygen atoms in total. The molecule has 0 spiro atoms. The molecule has 0 saturated heterocycles. The Bertz CT molecular complexity index is 363. The molecule has 0 saturated carbocycles. The van der Waals surface area contributed by atoms with E-state index in [0.717, 1.165) is 0 Å². The van der Waals surface area contributed by atoms with E-state index in [1.165, 1.54) is 0 Å². The summed E-state index contributed by atoms with van der Waals surface area (Å²) in [5, 5.41) is 11.8. The molecule has 14 heavy (non-hydrogen) atoms. The maximum atomic E-state index is 10.8. The molecule has 0 atom stereocenters. The van der Waals surface area contributed by atoms with E-state index in [4.69, 9.17) is 17.3 Å². The number of hydrogen-bond acceptors (Lipinski definition) is 2. The Hall–Kier alpha value is -1.42. The summed E-state index contributed by atoms with van der Waals surface area (Å²) in [5.74, 6) is -0.952. The number of aromatic carboxylic acids is 1. The van der Waals surface area contributed by atoms with E-state index in [0.29, 0.717) is 17.1 Å². The first kappa shape index (κ1) is 10.7. The number of hydrogen-bond donors (Lipinski definition) is 2. The highest BCUT2D eigenvalue weighted by atomic mass is 32.1. The van der Waals surface area contributed by atoms with Gasteiger partial charge in [-0.15, -0.1) is 0 Å². The Balaban J connectivity index is 2.95. The number of benzene rings is 1. The van der Waals surface area contributed by atoms with Crippen LogP contribution in [0.3, 0.4) is 0 Å². The number of para-hydroxylation sites is 1. The van der Waals surface area contributed by atoms with Crippen LogP contribution in [0.5, 0.6) is 0 Å². The van der Waals surface area contributed by atoms with E-state index in [1.54, 1.807) is 24.3 Å². The van der Waals surface area contributed by atoms with Gasteiger partial charge in [0.05, 0.1) is 16.2 Å². The second-order valence-corrected chi connectivity index (χ2v) is 3.25. The quantitative estimate of drug-likeness (QED) is 0.751. The summed E-state index contributed by atoms with van der Waals surface area (Å²) in [4.78, 5) is 11.4. The van der Waals surface area contributed by atoms with Crippen LogP contribution >= 0.6 is 12.2 Å². The van der Waals surface area contributed by atoms with Crippen LogP contribution in [0.2, 0.25) is 0 Å². The fraction of sp³-hybridized carbons (Fsp3) is 0.200. The van der Waals surface area contributed by atoms with E-state index < -0.39 is 5.97 Å². The van der Waals surface area contributed by atoms with Crippen LogP contribution in [-0.4, -0.2) is 16.1 Å². The maximum Gasteiger partial charge on any atom is 0.337 e. The summed E-state index contributed by atoms with van der Waals surface area (Å²) in [6, 6.07) is 6.70. The molecule has 1 aromatic carbocycles. The Morgan fingerprint density at radius 2 is 2.14 bits per heavy atom. The summed E-state index contributed by atoms with van der Waals surface area (Å²) in [6.07, 6.45) is 0.698. The molecule has 1 aromatic rings. The lowest BCUT2D eigenvalue weighted by molar-refractivity contribution is 0.0698. The average Bonchev–Trinajstić information content (AvgIpc) is 2.18. The molecule has 0 aliphatic carbocycles. The minimum absolute atomic E-state index is 0.239. The first-order valence-electron chi connectivity index (χ1n) is 4.27. The first-order valence-corrected chi connectivity index (χ1v) is 4.68. The lowest BCUT2D eigenvalue weighted by Gasteiger charge is -2.08. The fourth-order valence-electron chi connectivity index (χ4n) is 1.02. The van der Waals surface area contributed by atoms with E-state index in [1.807, 2.05) is 6.92 Å². The van der Waals surface area contributed by atoms with Gasteiger partial charge in [0, 0.05) is 0 Å². The van der Waals surface area contributed by atoms with E-state index in [2.05, 4.69) is 5.32 Å².